The first-order valence-electron chi connectivity index (χ1n) is 20.9. The molecule has 2 fully saturated rings. The molecule has 11 nitrogen and oxygen atoms in total. The smallest absolute Gasteiger partial charge is 0.419 e. The lowest BCUT2D eigenvalue weighted by Crippen LogP contribution is -2.47. The highest BCUT2D eigenvalue weighted by molar-refractivity contribution is 6.12. The lowest BCUT2D eigenvalue weighted by molar-refractivity contribution is -0.137. The summed E-state index contributed by atoms with van der Waals surface area (Å²) in [6.07, 6.45) is -8.76. The first-order chi connectivity index (χ1) is 30.9. The van der Waals surface area contributed by atoms with Crippen LogP contribution in [0.5, 0.6) is 11.8 Å². The van der Waals surface area contributed by atoms with E-state index < -0.39 is 40.4 Å². The van der Waals surface area contributed by atoms with Gasteiger partial charge in [-0.3, -0.25) is 4.79 Å². The minimum absolute atomic E-state index is 0.116. The highest BCUT2D eigenvalue weighted by Gasteiger charge is 2.44. The molecule has 8 rings (SSSR count). The van der Waals surface area contributed by atoms with Crippen molar-refractivity contribution in [2.24, 2.45) is 0 Å². The molecule has 0 amide bonds. The molecule has 4 aromatic carbocycles. The van der Waals surface area contributed by atoms with Gasteiger partial charge >= 0.3 is 12.4 Å². The average Bonchev–Trinajstić information content (AvgIpc) is 3.31. The van der Waals surface area contributed by atoms with Crippen molar-refractivity contribution in [3.05, 3.63) is 155 Å². The summed E-state index contributed by atoms with van der Waals surface area (Å²) >= 11 is 0. The van der Waals surface area contributed by atoms with E-state index in [1.807, 2.05) is 70.5 Å². The SMILES string of the molecule is O=C(c1cccc(N2CCN(c3ccc(OCCc4ccccc4)nn3)CC2)c1C(F)(F)F)c1cccc(N2CCN(c3ccc(OCCc4ccccc4)nn3)CC2)c1C(F)(F)F. The molecular formula is C47H44F6N8O3. The van der Waals surface area contributed by atoms with Crippen molar-refractivity contribution in [3.63, 3.8) is 0 Å². The Hall–Kier alpha value is -6.91. The first-order valence-corrected chi connectivity index (χ1v) is 20.9. The Morgan fingerprint density at radius 3 is 1.17 bits per heavy atom. The van der Waals surface area contributed by atoms with E-state index in [2.05, 4.69) is 20.4 Å². The fourth-order valence-corrected chi connectivity index (χ4v) is 8.03. The van der Waals surface area contributed by atoms with Gasteiger partial charge in [-0.25, -0.2) is 0 Å². The zero-order valence-corrected chi connectivity index (χ0v) is 34.6. The number of piperazine rings is 2. The lowest BCUT2D eigenvalue weighted by Gasteiger charge is -2.38. The maximum Gasteiger partial charge on any atom is 0.419 e. The Labute approximate surface area is 365 Å². The second-order valence-electron chi connectivity index (χ2n) is 15.3. The van der Waals surface area contributed by atoms with E-state index in [4.69, 9.17) is 9.47 Å². The lowest BCUT2D eigenvalue weighted by atomic mass is 9.92. The molecule has 0 bridgehead atoms. The third-order valence-electron chi connectivity index (χ3n) is 11.2. The van der Waals surface area contributed by atoms with E-state index in [0.717, 1.165) is 23.3 Å². The van der Waals surface area contributed by atoms with Crippen LogP contribution in [0.2, 0.25) is 0 Å². The summed E-state index contributed by atoms with van der Waals surface area (Å²) in [7, 11) is 0. The standard InChI is InChI=1S/C47H44F6N8O3/c48-46(49,50)43-35(13-7-15-37(43)58-23-27-60(28-24-58)39-17-19-41(56-54-39)63-31-21-33-9-3-1-4-10-33)45(62)36-14-8-16-38(44(36)47(51,52)53)59-25-29-61(30-26-59)40-18-20-42(57-55-40)64-32-22-34-11-5-2-6-12-34/h1-20H,21-32H2. The van der Waals surface area contributed by atoms with Crippen molar-refractivity contribution in [1.82, 2.24) is 20.4 Å². The van der Waals surface area contributed by atoms with Crippen LogP contribution >= 0.6 is 0 Å². The van der Waals surface area contributed by atoms with Gasteiger partial charge in [0.2, 0.25) is 11.8 Å². The molecule has 17 heteroatoms. The number of carbonyl (C=O) groups excluding carboxylic acids is 1. The molecule has 0 atom stereocenters. The Balaban J connectivity index is 0.936. The van der Waals surface area contributed by atoms with E-state index in [1.54, 1.807) is 24.3 Å². The molecule has 332 valence electrons. The maximum absolute atomic E-state index is 15.1. The molecular weight excluding hydrogens is 839 g/mol. The topological polar surface area (TPSA) is 100 Å². The number of carbonyl (C=O) groups is 1. The van der Waals surface area contributed by atoms with Crippen LogP contribution in [0.4, 0.5) is 49.4 Å². The van der Waals surface area contributed by atoms with Crippen LogP contribution in [-0.4, -0.2) is 91.7 Å². The van der Waals surface area contributed by atoms with Gasteiger partial charge in [0.1, 0.15) is 0 Å². The number of benzene rings is 4. The molecule has 2 saturated heterocycles. The van der Waals surface area contributed by atoms with Crippen LogP contribution < -0.4 is 29.1 Å². The molecule has 0 saturated carbocycles. The molecule has 64 heavy (non-hydrogen) atoms. The van der Waals surface area contributed by atoms with Crippen molar-refractivity contribution >= 4 is 28.8 Å². The van der Waals surface area contributed by atoms with Crippen molar-refractivity contribution in [2.75, 3.05) is 85.2 Å². The van der Waals surface area contributed by atoms with E-state index in [9.17, 15) is 4.79 Å². The van der Waals surface area contributed by atoms with Crippen molar-refractivity contribution in [1.29, 1.82) is 0 Å². The number of hydrogen-bond donors (Lipinski definition) is 0. The summed E-state index contributed by atoms with van der Waals surface area (Å²) in [6.45, 7) is 2.36. The predicted octanol–water partition coefficient (Wildman–Crippen LogP) is 8.43. The average molecular weight is 883 g/mol. The van der Waals surface area contributed by atoms with Crippen LogP contribution in [0.15, 0.2) is 121 Å². The normalized spacial score (nSPS) is 14.7. The van der Waals surface area contributed by atoms with Crippen LogP contribution in [0.3, 0.4) is 0 Å². The number of nitrogens with zero attached hydrogens (tertiary/aromatic N) is 8. The second-order valence-corrected chi connectivity index (χ2v) is 15.3. The van der Waals surface area contributed by atoms with Crippen molar-refractivity contribution < 1.29 is 40.6 Å². The summed E-state index contributed by atoms with van der Waals surface area (Å²) in [6, 6.07) is 33.4. The van der Waals surface area contributed by atoms with Crippen LogP contribution in [-0.2, 0) is 25.2 Å². The second kappa shape index (κ2) is 19.2. The monoisotopic (exact) mass is 882 g/mol. The molecule has 6 aromatic rings. The first kappa shape index (κ1) is 43.7. The van der Waals surface area contributed by atoms with Gasteiger partial charge in [0.05, 0.1) is 24.3 Å². The Morgan fingerprint density at radius 1 is 0.453 bits per heavy atom. The summed E-state index contributed by atoms with van der Waals surface area (Å²) in [5, 5.41) is 16.8. The van der Waals surface area contributed by atoms with E-state index in [1.165, 1.54) is 34.1 Å². The molecule has 0 unspecified atom stereocenters. The molecule has 0 radical (unpaired) electrons. The zero-order valence-electron chi connectivity index (χ0n) is 34.6. The molecule has 2 aliphatic rings. The number of ether oxygens (including phenoxy) is 2. The molecule has 0 N–H and O–H groups in total. The number of rotatable bonds is 14. The molecule has 0 spiro atoms. The maximum atomic E-state index is 15.1. The molecule has 4 heterocycles. The third kappa shape index (κ3) is 10.3. The minimum atomic E-state index is -5.07. The van der Waals surface area contributed by atoms with Gasteiger partial charge in [-0.05, 0) is 35.4 Å². The highest BCUT2D eigenvalue weighted by atomic mass is 19.4. The van der Waals surface area contributed by atoms with Crippen LogP contribution in [0.25, 0.3) is 0 Å². The number of halogens is 6. The summed E-state index contributed by atoms with van der Waals surface area (Å²) < 4.78 is 102. The van der Waals surface area contributed by atoms with Gasteiger partial charge in [-0.1, -0.05) is 84.9 Å². The minimum Gasteiger partial charge on any atom is -0.476 e. The number of hydrogen-bond acceptors (Lipinski definition) is 11. The summed E-state index contributed by atoms with van der Waals surface area (Å²) in [4.78, 5) is 20.9. The van der Waals surface area contributed by atoms with Crippen LogP contribution in [0.1, 0.15) is 38.2 Å². The van der Waals surface area contributed by atoms with E-state index in [-0.39, 0.29) is 63.7 Å². The van der Waals surface area contributed by atoms with Gasteiger partial charge in [-0.2, -0.15) is 26.3 Å². The number of alkyl halides is 6. The molecule has 2 aliphatic heterocycles. The van der Waals surface area contributed by atoms with Gasteiger partial charge in [0.15, 0.2) is 17.4 Å². The largest absolute Gasteiger partial charge is 0.476 e. The van der Waals surface area contributed by atoms with E-state index >= 15 is 26.3 Å². The Bertz CT molecular complexity index is 2310. The van der Waals surface area contributed by atoms with E-state index in [0.29, 0.717) is 49.5 Å². The summed E-state index contributed by atoms with van der Waals surface area (Å²) in [5.74, 6) is 0.331. The molecule has 2 aromatic heterocycles. The zero-order chi connectivity index (χ0) is 44.7. The third-order valence-corrected chi connectivity index (χ3v) is 11.2. The Kier molecular flexibility index (Phi) is 13.1. The van der Waals surface area contributed by atoms with Gasteiger partial charge < -0.3 is 29.1 Å². The van der Waals surface area contributed by atoms with Crippen molar-refractivity contribution in [3.8, 4) is 11.8 Å². The summed E-state index contributed by atoms with van der Waals surface area (Å²) in [5.41, 5.74) is -2.64. The fourth-order valence-electron chi connectivity index (χ4n) is 8.03. The fraction of sp³-hybridized carbons (Fsp3) is 0.298. The van der Waals surface area contributed by atoms with Gasteiger partial charge in [-0.15, -0.1) is 20.4 Å². The predicted molar refractivity (Wildman–Crippen MR) is 231 cm³/mol. The van der Waals surface area contributed by atoms with Crippen molar-refractivity contribution in [2.45, 2.75) is 25.2 Å². The number of aromatic nitrogens is 4. The quantitative estimate of drug-likeness (QED) is 0.0779. The number of ketones is 1. The van der Waals surface area contributed by atoms with Crippen LogP contribution in [0, 0.1) is 0 Å². The Morgan fingerprint density at radius 2 is 0.828 bits per heavy atom. The number of anilines is 4. The highest BCUT2D eigenvalue weighted by Crippen LogP contribution is 2.44. The van der Waals surface area contributed by atoms with Gasteiger partial charge in [0, 0.05) is 99.8 Å². The molecule has 0 aliphatic carbocycles. The van der Waals surface area contributed by atoms with Gasteiger partial charge in [0.25, 0.3) is 0 Å².